The van der Waals surface area contributed by atoms with Gasteiger partial charge >= 0.3 is 0 Å². The molecule has 3 rings (SSSR count). The molecule has 2 aromatic rings. The van der Waals surface area contributed by atoms with Gasteiger partial charge in [0.15, 0.2) is 6.23 Å². The number of halogens is 1. The SMILES string of the molecule is CCC[C@@H](CC)CCCC/C=C/CCS(=O)(=O)Nc1c(C)[nH]c(/C=C2/c3cc(F)ccc3NC2O)c1C. The highest BCUT2D eigenvalue weighted by molar-refractivity contribution is 7.92. The monoisotopic (exact) mass is 531 g/mol. The molecule has 0 spiro atoms. The molecule has 1 aliphatic rings. The van der Waals surface area contributed by atoms with Gasteiger partial charge in [-0.15, -0.1) is 0 Å². The Bertz CT molecular complexity index is 1220. The van der Waals surface area contributed by atoms with Crippen molar-refractivity contribution in [3.63, 3.8) is 0 Å². The summed E-state index contributed by atoms with van der Waals surface area (Å²) in [6, 6.07) is 4.30. The normalized spacial score (nSPS) is 17.4. The highest BCUT2D eigenvalue weighted by Gasteiger charge is 2.26. The summed E-state index contributed by atoms with van der Waals surface area (Å²) >= 11 is 0. The van der Waals surface area contributed by atoms with Gasteiger partial charge in [-0.3, -0.25) is 4.72 Å². The van der Waals surface area contributed by atoms with E-state index in [4.69, 9.17) is 0 Å². The predicted molar refractivity (Wildman–Crippen MR) is 152 cm³/mol. The maximum Gasteiger partial charge on any atom is 0.233 e. The molecule has 4 N–H and O–H groups in total. The first-order valence-corrected chi connectivity index (χ1v) is 15.1. The molecule has 0 saturated carbocycles. The fourth-order valence-electron chi connectivity index (χ4n) is 4.96. The minimum atomic E-state index is -3.53. The van der Waals surface area contributed by atoms with E-state index in [2.05, 4.69) is 34.9 Å². The van der Waals surface area contributed by atoms with Gasteiger partial charge in [0, 0.05) is 28.2 Å². The summed E-state index contributed by atoms with van der Waals surface area (Å²) in [5, 5.41) is 13.3. The number of nitrogens with one attached hydrogen (secondary N) is 3. The van der Waals surface area contributed by atoms with Crippen molar-refractivity contribution in [1.82, 2.24) is 4.98 Å². The van der Waals surface area contributed by atoms with Crippen molar-refractivity contribution < 1.29 is 17.9 Å². The zero-order valence-corrected chi connectivity index (χ0v) is 23.3. The van der Waals surface area contributed by atoms with Crippen LogP contribution in [-0.4, -0.2) is 30.5 Å². The zero-order valence-electron chi connectivity index (χ0n) is 22.5. The van der Waals surface area contributed by atoms with Crippen LogP contribution in [0.5, 0.6) is 0 Å². The molecule has 1 unspecified atom stereocenters. The van der Waals surface area contributed by atoms with Crippen LogP contribution in [0.3, 0.4) is 0 Å². The average Bonchev–Trinajstić information content (AvgIpc) is 3.29. The minimum absolute atomic E-state index is 0.00762. The lowest BCUT2D eigenvalue weighted by Gasteiger charge is -2.12. The lowest BCUT2D eigenvalue weighted by Crippen LogP contribution is -2.17. The lowest BCUT2D eigenvalue weighted by atomic mass is 9.94. The van der Waals surface area contributed by atoms with Crippen molar-refractivity contribution in [2.75, 3.05) is 15.8 Å². The fourth-order valence-corrected chi connectivity index (χ4v) is 6.12. The van der Waals surface area contributed by atoms with Crippen LogP contribution in [0.2, 0.25) is 0 Å². The number of rotatable bonds is 14. The van der Waals surface area contributed by atoms with Crippen molar-refractivity contribution in [1.29, 1.82) is 0 Å². The van der Waals surface area contributed by atoms with Gasteiger partial charge in [0.2, 0.25) is 10.0 Å². The Morgan fingerprint density at radius 2 is 1.89 bits per heavy atom. The topological polar surface area (TPSA) is 94.2 Å². The van der Waals surface area contributed by atoms with E-state index in [1.54, 1.807) is 19.1 Å². The Morgan fingerprint density at radius 1 is 1.14 bits per heavy atom. The van der Waals surface area contributed by atoms with Crippen LogP contribution in [0.25, 0.3) is 11.6 Å². The Morgan fingerprint density at radius 3 is 2.62 bits per heavy atom. The molecule has 6 nitrogen and oxygen atoms in total. The number of fused-ring (bicyclic) bond motifs is 1. The number of benzene rings is 1. The summed E-state index contributed by atoms with van der Waals surface area (Å²) in [5.74, 6) is 0.453. The number of unbranched alkanes of at least 4 members (excludes halogenated alkanes) is 2. The Balaban J connectivity index is 1.55. The smallest absolute Gasteiger partial charge is 0.233 e. The summed E-state index contributed by atoms with van der Waals surface area (Å²) < 4.78 is 42.0. The van der Waals surface area contributed by atoms with Crippen LogP contribution in [0, 0.1) is 25.6 Å². The van der Waals surface area contributed by atoms with Gasteiger partial charge in [0.1, 0.15) is 5.82 Å². The van der Waals surface area contributed by atoms with Crippen molar-refractivity contribution in [2.45, 2.75) is 85.3 Å². The van der Waals surface area contributed by atoms with Crippen LogP contribution in [0.15, 0.2) is 30.4 Å². The molecule has 0 fully saturated rings. The quantitative estimate of drug-likeness (QED) is 0.154. The fraction of sp³-hybridized carbons (Fsp3) is 0.517. The molecule has 37 heavy (non-hydrogen) atoms. The Labute approximate surface area is 221 Å². The van der Waals surface area contributed by atoms with E-state index in [0.717, 1.165) is 24.3 Å². The molecule has 0 bridgehead atoms. The van der Waals surface area contributed by atoms with Crippen LogP contribution in [-0.2, 0) is 10.0 Å². The third-order valence-electron chi connectivity index (χ3n) is 7.14. The van der Waals surface area contributed by atoms with Crippen LogP contribution >= 0.6 is 0 Å². The molecular formula is C29H42FN3O3S. The number of hydrogen-bond acceptors (Lipinski definition) is 4. The Hall–Kier alpha value is -2.58. The first-order chi connectivity index (χ1) is 17.6. The van der Waals surface area contributed by atoms with E-state index < -0.39 is 16.3 Å². The maximum absolute atomic E-state index is 13.8. The van der Waals surface area contributed by atoms with Gasteiger partial charge in [-0.2, -0.15) is 0 Å². The van der Waals surface area contributed by atoms with Crippen LogP contribution < -0.4 is 10.0 Å². The summed E-state index contributed by atoms with van der Waals surface area (Å²) in [6.07, 6.45) is 13.7. The maximum atomic E-state index is 13.8. The standard InChI is InChI=1S/C29H42FN3O3S/c1-5-13-22(6-2)14-11-9-7-8-10-12-17-37(35,36)33-28-20(3)27(31-21(28)4)19-25-24-18-23(30)15-16-26(24)32-29(25)34/h8,10,15-16,18-19,22,29,31-34H,5-7,9,11-14,17H2,1-4H3/b10-8+,25-19-/t22-,29?/m1/s1. The van der Waals surface area contributed by atoms with Gasteiger partial charge in [0.05, 0.1) is 11.4 Å². The van der Waals surface area contributed by atoms with Crippen molar-refractivity contribution >= 4 is 33.0 Å². The number of aliphatic hydroxyl groups is 1. The predicted octanol–water partition coefficient (Wildman–Crippen LogP) is 7.13. The summed E-state index contributed by atoms with van der Waals surface area (Å²) in [5.41, 5.74) is 4.32. The molecule has 1 aliphatic heterocycles. The molecule has 2 atom stereocenters. The second-order valence-corrected chi connectivity index (χ2v) is 11.9. The number of aromatic amines is 1. The van der Waals surface area contributed by atoms with Crippen molar-refractivity contribution in [3.05, 3.63) is 58.7 Å². The molecule has 8 heteroatoms. The molecule has 1 aromatic heterocycles. The van der Waals surface area contributed by atoms with E-state index in [1.807, 2.05) is 13.0 Å². The number of sulfonamides is 1. The summed E-state index contributed by atoms with van der Waals surface area (Å²) in [6.45, 7) is 8.12. The summed E-state index contributed by atoms with van der Waals surface area (Å²) in [7, 11) is -3.53. The van der Waals surface area contributed by atoms with Gasteiger partial charge < -0.3 is 15.4 Å². The molecule has 0 radical (unpaired) electrons. The van der Waals surface area contributed by atoms with Crippen molar-refractivity contribution in [3.8, 4) is 0 Å². The molecule has 0 amide bonds. The second-order valence-electron chi connectivity index (χ2n) is 10.0. The Kier molecular flexibility index (Phi) is 10.4. The third kappa shape index (κ3) is 7.95. The molecule has 0 aliphatic carbocycles. The highest BCUT2D eigenvalue weighted by atomic mass is 32.2. The van der Waals surface area contributed by atoms with Crippen LogP contribution in [0.1, 0.15) is 87.7 Å². The molecule has 2 heterocycles. The number of aliphatic hydroxyl groups excluding tert-OH is 1. The number of allylic oxidation sites excluding steroid dienone is 2. The van der Waals surface area contributed by atoms with Gasteiger partial charge in [-0.05, 0) is 68.9 Å². The van der Waals surface area contributed by atoms with E-state index in [9.17, 15) is 17.9 Å². The van der Waals surface area contributed by atoms with Crippen molar-refractivity contribution in [2.24, 2.45) is 5.92 Å². The van der Waals surface area contributed by atoms with Crippen LogP contribution in [0.4, 0.5) is 15.8 Å². The zero-order chi connectivity index (χ0) is 27.0. The molecular weight excluding hydrogens is 489 g/mol. The van der Waals surface area contributed by atoms with E-state index in [-0.39, 0.29) is 11.6 Å². The van der Waals surface area contributed by atoms with E-state index in [1.165, 1.54) is 44.2 Å². The van der Waals surface area contributed by atoms with E-state index in [0.29, 0.717) is 40.3 Å². The average molecular weight is 532 g/mol. The molecule has 1 aromatic carbocycles. The minimum Gasteiger partial charge on any atom is -0.369 e. The highest BCUT2D eigenvalue weighted by Crippen LogP contribution is 2.37. The molecule has 204 valence electrons. The number of H-pyrrole nitrogens is 1. The first-order valence-electron chi connectivity index (χ1n) is 13.5. The van der Waals surface area contributed by atoms with Gasteiger partial charge in [-0.1, -0.05) is 58.1 Å². The summed E-state index contributed by atoms with van der Waals surface area (Å²) in [4.78, 5) is 3.19. The number of hydrogen-bond donors (Lipinski definition) is 4. The second kappa shape index (κ2) is 13.3. The van der Waals surface area contributed by atoms with Gasteiger partial charge in [-0.25, -0.2) is 12.8 Å². The number of aryl methyl sites for hydroxylation is 1. The molecule has 0 saturated heterocycles. The third-order valence-corrected chi connectivity index (χ3v) is 8.43. The number of aromatic nitrogens is 1. The number of anilines is 2. The van der Waals surface area contributed by atoms with Gasteiger partial charge in [0.25, 0.3) is 0 Å². The lowest BCUT2D eigenvalue weighted by molar-refractivity contribution is 0.266. The largest absolute Gasteiger partial charge is 0.369 e. The first kappa shape index (κ1) is 29.0. The van der Waals surface area contributed by atoms with E-state index >= 15 is 0 Å².